The van der Waals surface area contributed by atoms with Gasteiger partial charge in [-0.3, -0.25) is 0 Å². The molecule has 0 spiro atoms. The predicted molar refractivity (Wildman–Crippen MR) is 40.4 cm³/mol. The minimum Gasteiger partial charge on any atom is -0.472 e. The molecule has 1 rings (SSSR count). The fourth-order valence-electron chi connectivity index (χ4n) is 0.751. The molecule has 0 saturated heterocycles. The molecule has 0 unspecified atom stereocenters. The molecule has 0 radical (unpaired) electrons. The molecule has 1 aromatic heterocycles. The second kappa shape index (κ2) is 2.69. The van der Waals surface area contributed by atoms with Gasteiger partial charge in [-0.15, -0.1) is 0 Å². The van der Waals surface area contributed by atoms with Crippen molar-refractivity contribution in [3.63, 3.8) is 0 Å². The van der Waals surface area contributed by atoms with E-state index in [0.717, 1.165) is 5.56 Å². The minimum absolute atomic E-state index is 0.276. The highest BCUT2D eigenvalue weighted by atomic mass is 16.3. The van der Waals surface area contributed by atoms with Crippen LogP contribution < -0.4 is 0 Å². The molecule has 0 amide bonds. The van der Waals surface area contributed by atoms with E-state index in [9.17, 15) is 0 Å². The van der Waals surface area contributed by atoms with Crippen molar-refractivity contribution in [2.24, 2.45) is 5.92 Å². The van der Waals surface area contributed by atoms with Crippen molar-refractivity contribution in [3.05, 3.63) is 24.2 Å². The smallest absolute Gasteiger partial charge is 0.0993 e. The van der Waals surface area contributed by atoms with Crippen LogP contribution in [0.25, 0.3) is 0 Å². The van der Waals surface area contributed by atoms with Gasteiger partial charge in [0, 0.05) is 11.3 Å². The van der Waals surface area contributed by atoms with Gasteiger partial charge >= 0.3 is 0 Å². The Kier molecular flexibility index (Phi) is 1.90. The normalized spacial score (nSPS) is 10.3. The number of furan rings is 1. The Morgan fingerprint density at radius 1 is 1.60 bits per heavy atom. The minimum atomic E-state index is 0.276. The van der Waals surface area contributed by atoms with Gasteiger partial charge in [-0.25, -0.2) is 0 Å². The number of hydrogen-bond donors (Lipinski definition) is 1. The quantitative estimate of drug-likeness (QED) is 0.624. The van der Waals surface area contributed by atoms with Gasteiger partial charge in [0.25, 0.3) is 0 Å². The lowest BCUT2D eigenvalue weighted by Crippen LogP contribution is -2.05. The third kappa shape index (κ3) is 1.26. The molecule has 10 heavy (non-hydrogen) atoms. The first-order valence-corrected chi connectivity index (χ1v) is 3.33. The van der Waals surface area contributed by atoms with E-state index >= 15 is 0 Å². The average Bonchev–Trinajstić information content (AvgIpc) is 2.36. The Morgan fingerprint density at radius 3 is 2.70 bits per heavy atom. The molecule has 0 atom stereocenters. The number of rotatable bonds is 2. The fraction of sp³-hybridized carbons (Fsp3) is 0.375. The van der Waals surface area contributed by atoms with Crippen molar-refractivity contribution in [3.8, 4) is 0 Å². The van der Waals surface area contributed by atoms with Gasteiger partial charge in [-0.05, 0) is 12.0 Å². The molecule has 0 fully saturated rings. The van der Waals surface area contributed by atoms with E-state index in [1.165, 1.54) is 0 Å². The average molecular weight is 137 g/mol. The van der Waals surface area contributed by atoms with Crippen molar-refractivity contribution in [1.29, 1.82) is 5.41 Å². The molecule has 1 heterocycles. The molecule has 54 valence electrons. The van der Waals surface area contributed by atoms with Crippen LogP contribution in [0.5, 0.6) is 0 Å². The largest absolute Gasteiger partial charge is 0.472 e. The van der Waals surface area contributed by atoms with Gasteiger partial charge in [0.1, 0.15) is 0 Å². The van der Waals surface area contributed by atoms with Crippen LogP contribution in [0.15, 0.2) is 23.0 Å². The van der Waals surface area contributed by atoms with E-state index in [1.807, 2.05) is 19.9 Å². The summed E-state index contributed by atoms with van der Waals surface area (Å²) in [7, 11) is 0. The summed E-state index contributed by atoms with van der Waals surface area (Å²) in [6.45, 7) is 3.99. The van der Waals surface area contributed by atoms with Crippen LogP contribution in [0, 0.1) is 11.3 Å². The molecule has 2 nitrogen and oxygen atoms in total. The second-order valence-corrected chi connectivity index (χ2v) is 2.58. The molecule has 0 aliphatic carbocycles. The summed E-state index contributed by atoms with van der Waals surface area (Å²) in [5.41, 5.74) is 1.52. The van der Waals surface area contributed by atoms with E-state index < -0.39 is 0 Å². The van der Waals surface area contributed by atoms with Crippen molar-refractivity contribution in [2.75, 3.05) is 0 Å². The van der Waals surface area contributed by atoms with Gasteiger partial charge in [-0.1, -0.05) is 13.8 Å². The van der Waals surface area contributed by atoms with E-state index in [0.29, 0.717) is 5.71 Å². The fourth-order valence-corrected chi connectivity index (χ4v) is 0.751. The zero-order chi connectivity index (χ0) is 7.56. The summed E-state index contributed by atoms with van der Waals surface area (Å²) in [5.74, 6) is 0.276. The molecule has 1 N–H and O–H groups in total. The molecule has 0 aliphatic heterocycles. The Hall–Kier alpha value is -1.05. The van der Waals surface area contributed by atoms with Crippen LogP contribution in [-0.2, 0) is 0 Å². The lowest BCUT2D eigenvalue weighted by atomic mass is 10.0. The number of nitrogens with one attached hydrogen (secondary N) is 1. The number of hydrogen-bond acceptors (Lipinski definition) is 2. The van der Waals surface area contributed by atoms with Gasteiger partial charge < -0.3 is 9.83 Å². The van der Waals surface area contributed by atoms with E-state index in [-0.39, 0.29) is 5.92 Å². The third-order valence-electron chi connectivity index (χ3n) is 1.41. The highest BCUT2D eigenvalue weighted by Gasteiger charge is 2.05. The summed E-state index contributed by atoms with van der Waals surface area (Å²) in [4.78, 5) is 0. The Balaban J connectivity index is 2.78. The SMILES string of the molecule is CC(C)C(=N)c1ccoc1. The Morgan fingerprint density at radius 2 is 2.30 bits per heavy atom. The van der Waals surface area contributed by atoms with Gasteiger partial charge in [0.15, 0.2) is 0 Å². The maximum atomic E-state index is 7.54. The van der Waals surface area contributed by atoms with E-state index in [4.69, 9.17) is 9.83 Å². The highest BCUT2D eigenvalue weighted by molar-refractivity contribution is 5.99. The molecule has 0 saturated carbocycles. The van der Waals surface area contributed by atoms with Gasteiger partial charge in [-0.2, -0.15) is 0 Å². The Labute approximate surface area is 60.4 Å². The van der Waals surface area contributed by atoms with Crippen molar-refractivity contribution in [1.82, 2.24) is 0 Å². The maximum Gasteiger partial charge on any atom is 0.0993 e. The summed E-state index contributed by atoms with van der Waals surface area (Å²) in [6.07, 6.45) is 3.19. The van der Waals surface area contributed by atoms with Crippen LogP contribution in [0.1, 0.15) is 19.4 Å². The van der Waals surface area contributed by atoms with Gasteiger partial charge in [0.2, 0.25) is 0 Å². The molecule has 0 bridgehead atoms. The van der Waals surface area contributed by atoms with Gasteiger partial charge in [0.05, 0.1) is 12.5 Å². The zero-order valence-electron chi connectivity index (χ0n) is 6.22. The van der Waals surface area contributed by atoms with Crippen LogP contribution in [-0.4, -0.2) is 5.71 Å². The maximum absolute atomic E-state index is 7.54. The third-order valence-corrected chi connectivity index (χ3v) is 1.41. The lowest BCUT2D eigenvalue weighted by molar-refractivity contribution is 0.566. The molecule has 2 heteroatoms. The molecule has 1 aromatic rings. The van der Waals surface area contributed by atoms with Crippen LogP contribution >= 0.6 is 0 Å². The lowest BCUT2D eigenvalue weighted by Gasteiger charge is -2.02. The summed E-state index contributed by atoms with van der Waals surface area (Å²) >= 11 is 0. The topological polar surface area (TPSA) is 37.0 Å². The van der Waals surface area contributed by atoms with Crippen LogP contribution in [0.2, 0.25) is 0 Å². The summed E-state index contributed by atoms with van der Waals surface area (Å²) < 4.78 is 4.84. The first-order valence-electron chi connectivity index (χ1n) is 3.33. The summed E-state index contributed by atoms with van der Waals surface area (Å²) in [5, 5.41) is 7.54. The van der Waals surface area contributed by atoms with E-state index in [1.54, 1.807) is 12.5 Å². The van der Waals surface area contributed by atoms with Crippen molar-refractivity contribution < 1.29 is 4.42 Å². The molecular weight excluding hydrogens is 126 g/mol. The first kappa shape index (κ1) is 7.06. The predicted octanol–water partition coefficient (Wildman–Crippen LogP) is 2.30. The van der Waals surface area contributed by atoms with Crippen LogP contribution in [0.4, 0.5) is 0 Å². The van der Waals surface area contributed by atoms with Crippen LogP contribution in [0.3, 0.4) is 0 Å². The molecule has 0 aliphatic rings. The second-order valence-electron chi connectivity index (χ2n) is 2.58. The van der Waals surface area contributed by atoms with E-state index in [2.05, 4.69) is 0 Å². The Bertz CT molecular complexity index is 211. The molecular formula is C8H11NO. The first-order chi connectivity index (χ1) is 4.72. The summed E-state index contributed by atoms with van der Waals surface area (Å²) in [6, 6.07) is 1.81. The van der Waals surface area contributed by atoms with Crippen molar-refractivity contribution >= 4 is 5.71 Å². The standard InChI is InChI=1S/C8H11NO/c1-6(2)8(9)7-3-4-10-5-7/h3-6,9H,1-2H3. The van der Waals surface area contributed by atoms with Crippen molar-refractivity contribution in [2.45, 2.75) is 13.8 Å². The monoisotopic (exact) mass is 137 g/mol. The highest BCUT2D eigenvalue weighted by Crippen LogP contribution is 2.07. The zero-order valence-corrected chi connectivity index (χ0v) is 6.22. The molecule has 0 aromatic carbocycles.